The zero-order valence-corrected chi connectivity index (χ0v) is 14.5. The molecule has 0 N–H and O–H groups in total. The average Bonchev–Trinajstić information content (AvgIpc) is 3.29. The highest BCUT2D eigenvalue weighted by Gasteiger charge is 2.30. The number of hydrogen-bond acceptors (Lipinski definition) is 4. The zero-order chi connectivity index (χ0) is 17.4. The van der Waals surface area contributed by atoms with E-state index in [1.54, 1.807) is 18.6 Å². The summed E-state index contributed by atoms with van der Waals surface area (Å²) in [4.78, 5) is 35.0. The van der Waals surface area contributed by atoms with Crippen LogP contribution in [0.25, 0.3) is 0 Å². The van der Waals surface area contributed by atoms with E-state index < -0.39 is 0 Å². The summed E-state index contributed by atoms with van der Waals surface area (Å²) in [6.45, 7) is 5.06. The van der Waals surface area contributed by atoms with Crippen molar-refractivity contribution in [3.05, 3.63) is 46.2 Å². The van der Waals surface area contributed by atoms with Crippen molar-refractivity contribution in [2.75, 3.05) is 13.1 Å². The van der Waals surface area contributed by atoms with Crippen molar-refractivity contribution in [2.45, 2.75) is 51.6 Å². The third kappa shape index (κ3) is 2.88. The summed E-state index contributed by atoms with van der Waals surface area (Å²) in [5.41, 5.74) is 1.53. The number of piperidine rings is 1. The van der Waals surface area contributed by atoms with Gasteiger partial charge in [-0.05, 0) is 26.2 Å². The molecule has 0 radical (unpaired) electrons. The Morgan fingerprint density at radius 3 is 3.04 bits per heavy atom. The van der Waals surface area contributed by atoms with Gasteiger partial charge in [-0.3, -0.25) is 9.59 Å². The Morgan fingerprint density at radius 1 is 1.32 bits per heavy atom. The number of carbonyl (C=O) groups is 1. The summed E-state index contributed by atoms with van der Waals surface area (Å²) in [7, 11) is 0. The molecule has 2 aromatic rings. The lowest BCUT2D eigenvalue weighted by molar-refractivity contribution is 0.0693. The van der Waals surface area contributed by atoms with Gasteiger partial charge >= 0.3 is 0 Å². The molecular weight excluding hydrogens is 318 g/mol. The maximum absolute atomic E-state index is 12.9. The number of aromatic nitrogens is 4. The number of hydrogen-bond donors (Lipinski definition) is 0. The topological polar surface area (TPSA) is 73.0 Å². The molecule has 7 nitrogen and oxygen atoms in total. The Morgan fingerprint density at radius 2 is 2.20 bits per heavy atom. The molecule has 0 saturated carbocycles. The van der Waals surface area contributed by atoms with Crippen molar-refractivity contribution in [1.29, 1.82) is 0 Å². The van der Waals surface area contributed by atoms with Crippen LogP contribution in [-0.4, -0.2) is 43.0 Å². The second-order valence-electron chi connectivity index (χ2n) is 6.85. The number of amides is 1. The summed E-state index contributed by atoms with van der Waals surface area (Å²) < 4.78 is 4.07. The monoisotopic (exact) mass is 341 g/mol. The Kier molecular flexibility index (Phi) is 4.15. The number of carbonyl (C=O) groups excluding carboxylic acids is 1. The molecule has 0 aliphatic carbocycles. The van der Waals surface area contributed by atoms with Crippen LogP contribution in [0.4, 0.5) is 0 Å². The molecule has 1 saturated heterocycles. The molecule has 1 unspecified atom stereocenters. The highest BCUT2D eigenvalue weighted by atomic mass is 16.2. The van der Waals surface area contributed by atoms with Crippen LogP contribution in [0, 0.1) is 0 Å². The van der Waals surface area contributed by atoms with E-state index in [0.717, 1.165) is 56.8 Å². The normalized spacial score (nSPS) is 19.9. The fourth-order valence-corrected chi connectivity index (χ4v) is 4.07. The van der Waals surface area contributed by atoms with Crippen LogP contribution in [0.5, 0.6) is 0 Å². The molecule has 2 aliphatic heterocycles. The van der Waals surface area contributed by atoms with Crippen molar-refractivity contribution in [3.8, 4) is 0 Å². The smallest absolute Gasteiger partial charge is 0.273 e. The first-order chi connectivity index (χ1) is 12.2. The highest BCUT2D eigenvalue weighted by molar-refractivity contribution is 5.92. The van der Waals surface area contributed by atoms with E-state index in [2.05, 4.69) is 14.5 Å². The van der Waals surface area contributed by atoms with Crippen LogP contribution in [0.2, 0.25) is 0 Å². The predicted octanol–water partition coefficient (Wildman–Crippen LogP) is 1.43. The second kappa shape index (κ2) is 6.46. The minimum Gasteiger partial charge on any atom is -0.337 e. The Bertz CT molecular complexity index is 853. The molecule has 7 heteroatoms. The molecule has 4 heterocycles. The molecule has 0 spiro atoms. The molecule has 2 aliphatic rings. The van der Waals surface area contributed by atoms with Gasteiger partial charge in [0.1, 0.15) is 11.5 Å². The van der Waals surface area contributed by atoms with E-state index in [9.17, 15) is 9.59 Å². The lowest BCUT2D eigenvalue weighted by Crippen LogP contribution is -2.40. The maximum Gasteiger partial charge on any atom is 0.273 e. The summed E-state index contributed by atoms with van der Waals surface area (Å²) in [5, 5.41) is 0. The molecule has 0 bridgehead atoms. The average molecular weight is 341 g/mol. The van der Waals surface area contributed by atoms with Crippen molar-refractivity contribution in [3.63, 3.8) is 0 Å². The van der Waals surface area contributed by atoms with E-state index in [-0.39, 0.29) is 17.4 Å². The van der Waals surface area contributed by atoms with Gasteiger partial charge in [-0.1, -0.05) is 0 Å². The second-order valence-corrected chi connectivity index (χ2v) is 6.85. The number of imidazole rings is 1. The van der Waals surface area contributed by atoms with Gasteiger partial charge < -0.3 is 14.0 Å². The first-order valence-electron chi connectivity index (χ1n) is 9.07. The van der Waals surface area contributed by atoms with E-state index >= 15 is 0 Å². The highest BCUT2D eigenvalue weighted by Crippen LogP contribution is 2.29. The van der Waals surface area contributed by atoms with Crippen LogP contribution >= 0.6 is 0 Å². The Hall–Kier alpha value is -2.44. The first-order valence-corrected chi connectivity index (χ1v) is 9.07. The van der Waals surface area contributed by atoms with E-state index in [1.807, 2.05) is 16.4 Å². The summed E-state index contributed by atoms with van der Waals surface area (Å²) >= 11 is 0. The quantitative estimate of drug-likeness (QED) is 0.846. The largest absolute Gasteiger partial charge is 0.337 e. The fraction of sp³-hybridized carbons (Fsp3) is 0.556. The number of rotatable bonds is 3. The predicted molar refractivity (Wildman–Crippen MR) is 92.6 cm³/mol. The maximum atomic E-state index is 12.9. The van der Waals surface area contributed by atoms with Gasteiger partial charge in [0.25, 0.3) is 11.5 Å². The van der Waals surface area contributed by atoms with Gasteiger partial charge in [0, 0.05) is 50.3 Å². The van der Waals surface area contributed by atoms with Crippen molar-refractivity contribution >= 4 is 5.91 Å². The fourth-order valence-electron chi connectivity index (χ4n) is 4.07. The van der Waals surface area contributed by atoms with E-state index in [1.165, 1.54) is 0 Å². The van der Waals surface area contributed by atoms with Crippen LogP contribution in [0.3, 0.4) is 0 Å². The SMILES string of the molecule is CCn1cncc1C(=O)N1CCCC(c2cc(=O)nc3n2CCC3)C1. The number of aryl methyl sites for hydroxylation is 2. The van der Waals surface area contributed by atoms with Crippen LogP contribution in [-0.2, 0) is 19.5 Å². The van der Waals surface area contributed by atoms with E-state index in [4.69, 9.17) is 0 Å². The van der Waals surface area contributed by atoms with Gasteiger partial charge in [-0.2, -0.15) is 4.98 Å². The van der Waals surface area contributed by atoms with Crippen LogP contribution in [0.15, 0.2) is 23.4 Å². The molecule has 1 atom stereocenters. The molecule has 2 aromatic heterocycles. The number of likely N-dealkylation sites (tertiary alicyclic amines) is 1. The number of nitrogens with zero attached hydrogens (tertiary/aromatic N) is 5. The standard InChI is InChI=1S/C18H23N5O2/c1-2-21-12-19-10-15(21)18(25)22-7-3-5-13(11-22)14-9-17(24)20-16-6-4-8-23(14)16/h9-10,12-13H,2-8,11H2,1H3. The minimum absolute atomic E-state index is 0.0297. The van der Waals surface area contributed by atoms with Gasteiger partial charge in [-0.25, -0.2) is 4.98 Å². The lowest BCUT2D eigenvalue weighted by atomic mass is 9.94. The summed E-state index contributed by atoms with van der Waals surface area (Å²) in [6, 6.07) is 1.67. The van der Waals surface area contributed by atoms with E-state index in [0.29, 0.717) is 12.2 Å². The third-order valence-corrected chi connectivity index (χ3v) is 5.31. The molecular formula is C18H23N5O2. The van der Waals surface area contributed by atoms with Crippen molar-refractivity contribution < 1.29 is 4.79 Å². The molecule has 1 amide bonds. The molecule has 1 fully saturated rings. The molecule has 4 rings (SSSR count). The zero-order valence-electron chi connectivity index (χ0n) is 14.5. The van der Waals surface area contributed by atoms with Crippen LogP contribution in [0.1, 0.15) is 54.1 Å². The minimum atomic E-state index is -0.157. The van der Waals surface area contributed by atoms with Gasteiger partial charge in [0.05, 0.1) is 12.5 Å². The Balaban J connectivity index is 1.60. The Labute approximate surface area is 146 Å². The first kappa shape index (κ1) is 16.1. The van der Waals surface area contributed by atoms with Gasteiger partial charge in [-0.15, -0.1) is 0 Å². The summed E-state index contributed by atoms with van der Waals surface area (Å²) in [5.74, 6) is 1.13. The summed E-state index contributed by atoms with van der Waals surface area (Å²) in [6.07, 6.45) is 7.19. The lowest BCUT2D eigenvalue weighted by Gasteiger charge is -2.34. The van der Waals surface area contributed by atoms with Gasteiger partial charge in [0.2, 0.25) is 0 Å². The van der Waals surface area contributed by atoms with Crippen LogP contribution < -0.4 is 5.56 Å². The third-order valence-electron chi connectivity index (χ3n) is 5.31. The molecule has 0 aromatic carbocycles. The molecule has 132 valence electrons. The number of fused-ring (bicyclic) bond motifs is 1. The van der Waals surface area contributed by atoms with Crippen molar-refractivity contribution in [1.82, 2.24) is 24.0 Å². The van der Waals surface area contributed by atoms with Crippen molar-refractivity contribution in [2.24, 2.45) is 0 Å². The molecule has 25 heavy (non-hydrogen) atoms. The van der Waals surface area contributed by atoms with Gasteiger partial charge in [0.15, 0.2) is 0 Å².